The van der Waals surface area contributed by atoms with Crippen molar-refractivity contribution in [3.05, 3.63) is 41.5 Å². The van der Waals surface area contributed by atoms with Crippen LogP contribution in [0.4, 0.5) is 0 Å². The molecule has 2 unspecified atom stereocenters. The molecule has 4 heteroatoms. The monoisotopic (exact) mass is 299 g/mol. The van der Waals surface area contributed by atoms with Gasteiger partial charge in [-0.25, -0.2) is 8.42 Å². The second-order valence-corrected chi connectivity index (χ2v) is 8.94. The maximum atomic E-state index is 12.1. The molecule has 2 atom stereocenters. The number of allylic oxidation sites excluding steroid dienone is 1. The van der Waals surface area contributed by atoms with Crippen molar-refractivity contribution in [1.82, 2.24) is 0 Å². The van der Waals surface area contributed by atoms with Gasteiger partial charge in [-0.3, -0.25) is 0 Å². The number of nitrogens with zero attached hydrogens (tertiary/aromatic N) is 1. The van der Waals surface area contributed by atoms with E-state index in [2.05, 4.69) is 18.2 Å². The molecule has 2 bridgehead atoms. The first-order valence-corrected chi connectivity index (χ1v) is 9.12. The van der Waals surface area contributed by atoms with Crippen molar-refractivity contribution in [2.45, 2.75) is 48.0 Å². The fourth-order valence-corrected chi connectivity index (χ4v) is 5.86. The van der Waals surface area contributed by atoms with Crippen molar-refractivity contribution in [3.8, 4) is 6.07 Å². The summed E-state index contributed by atoms with van der Waals surface area (Å²) in [5, 5.41) is 8.77. The molecule has 0 amide bonds. The Morgan fingerprint density at radius 3 is 2.43 bits per heavy atom. The molecule has 2 aliphatic heterocycles. The highest BCUT2D eigenvalue weighted by atomic mass is 32.2. The summed E-state index contributed by atoms with van der Waals surface area (Å²) in [6.45, 7) is 0. The number of sulfone groups is 1. The number of hydrogen-bond donors (Lipinski definition) is 0. The maximum Gasteiger partial charge on any atom is 0.159 e. The minimum atomic E-state index is -2.91. The van der Waals surface area contributed by atoms with Crippen LogP contribution in [0.15, 0.2) is 30.3 Å². The molecule has 2 heterocycles. The smallest absolute Gasteiger partial charge is 0.159 e. The summed E-state index contributed by atoms with van der Waals surface area (Å²) in [4.78, 5) is 0. The van der Waals surface area contributed by atoms with E-state index in [1.54, 1.807) is 0 Å². The third-order valence-electron chi connectivity index (χ3n) is 5.27. The number of rotatable bonds is 2. The van der Waals surface area contributed by atoms with Crippen LogP contribution in [0.1, 0.15) is 43.2 Å². The van der Waals surface area contributed by atoms with Gasteiger partial charge < -0.3 is 0 Å². The summed E-state index contributed by atoms with van der Waals surface area (Å²) in [6.07, 6.45) is 6.06. The molecule has 0 radical (unpaired) electrons. The van der Waals surface area contributed by atoms with Gasteiger partial charge in [0.15, 0.2) is 9.84 Å². The van der Waals surface area contributed by atoms with Gasteiger partial charge >= 0.3 is 0 Å². The fourth-order valence-electron chi connectivity index (χ4n) is 3.67. The van der Waals surface area contributed by atoms with Crippen LogP contribution < -0.4 is 0 Å². The number of benzene rings is 1. The van der Waals surface area contributed by atoms with Crippen molar-refractivity contribution in [1.29, 1.82) is 5.26 Å². The molecule has 1 aliphatic carbocycles. The Morgan fingerprint density at radius 2 is 1.86 bits per heavy atom. The second kappa shape index (κ2) is 4.20. The van der Waals surface area contributed by atoms with Crippen LogP contribution >= 0.6 is 0 Å². The lowest BCUT2D eigenvalue weighted by Gasteiger charge is -2.21. The largest absolute Gasteiger partial charge is 0.228 e. The lowest BCUT2D eigenvalue weighted by Crippen LogP contribution is -2.26. The molecule has 4 rings (SSSR count). The van der Waals surface area contributed by atoms with Gasteiger partial charge in [-0.1, -0.05) is 30.3 Å². The van der Waals surface area contributed by atoms with Crippen LogP contribution in [0.3, 0.4) is 0 Å². The molecule has 3 aliphatic rings. The van der Waals surface area contributed by atoms with Crippen LogP contribution in [0.25, 0.3) is 5.57 Å². The summed E-state index contributed by atoms with van der Waals surface area (Å²) in [5.74, 6) is 0. The fraction of sp³-hybridized carbons (Fsp3) is 0.471. The minimum absolute atomic E-state index is 0.184. The summed E-state index contributed by atoms with van der Waals surface area (Å²) < 4.78 is 24.2. The lowest BCUT2D eigenvalue weighted by atomic mass is 9.93. The third kappa shape index (κ3) is 1.87. The first-order chi connectivity index (χ1) is 10.0. The Bertz CT molecular complexity index is 764. The Hall–Kier alpha value is -1.60. The molecular formula is C17H17NO2S. The molecule has 21 heavy (non-hydrogen) atoms. The molecular weight excluding hydrogens is 282 g/mol. The zero-order chi connectivity index (χ0) is 14.7. The summed E-state index contributed by atoms with van der Waals surface area (Å²) in [6, 6.07) is 10.6. The van der Waals surface area contributed by atoms with E-state index in [4.69, 9.17) is 0 Å². The van der Waals surface area contributed by atoms with E-state index in [9.17, 15) is 13.7 Å². The van der Waals surface area contributed by atoms with Gasteiger partial charge in [0, 0.05) is 0 Å². The number of fused-ring (bicyclic) bond motifs is 2. The quantitative estimate of drug-likeness (QED) is 0.843. The van der Waals surface area contributed by atoms with Gasteiger partial charge in [0.2, 0.25) is 0 Å². The molecule has 0 N–H and O–H groups in total. The van der Waals surface area contributed by atoms with Gasteiger partial charge in [-0.15, -0.1) is 0 Å². The van der Waals surface area contributed by atoms with Gasteiger partial charge in [0.1, 0.15) is 0 Å². The van der Waals surface area contributed by atoms with Gasteiger partial charge in [-0.2, -0.15) is 5.26 Å². The van der Waals surface area contributed by atoms with E-state index >= 15 is 0 Å². The Morgan fingerprint density at radius 1 is 1.14 bits per heavy atom. The predicted molar refractivity (Wildman–Crippen MR) is 81.3 cm³/mol. The SMILES string of the molecule is N#CC1(c2ccc(C3=CC4CCC(C3)S4(=O)=O)cc2)CC1. The molecule has 0 aromatic heterocycles. The van der Waals surface area contributed by atoms with E-state index < -0.39 is 9.84 Å². The van der Waals surface area contributed by atoms with Crippen LogP contribution in [-0.2, 0) is 15.3 Å². The zero-order valence-corrected chi connectivity index (χ0v) is 12.6. The second-order valence-electron chi connectivity index (χ2n) is 6.49. The highest BCUT2D eigenvalue weighted by Crippen LogP contribution is 2.48. The minimum Gasteiger partial charge on any atom is -0.228 e. The molecule has 1 aromatic carbocycles. The van der Waals surface area contributed by atoms with Crippen molar-refractivity contribution in [3.63, 3.8) is 0 Å². The normalized spacial score (nSPS) is 31.3. The summed E-state index contributed by atoms with van der Waals surface area (Å²) >= 11 is 0. The van der Waals surface area contributed by atoms with Crippen molar-refractivity contribution >= 4 is 15.4 Å². The Labute approximate surface area is 125 Å². The first-order valence-electron chi connectivity index (χ1n) is 7.51. The van der Waals surface area contributed by atoms with Crippen molar-refractivity contribution in [2.24, 2.45) is 0 Å². The van der Waals surface area contributed by atoms with Crippen molar-refractivity contribution < 1.29 is 8.42 Å². The van der Waals surface area contributed by atoms with Gasteiger partial charge in [0.25, 0.3) is 0 Å². The maximum absolute atomic E-state index is 12.1. The average molecular weight is 299 g/mol. The van der Waals surface area contributed by atoms with Crippen LogP contribution in [0.5, 0.6) is 0 Å². The van der Waals surface area contributed by atoms with Gasteiger partial charge in [0.05, 0.1) is 22.0 Å². The average Bonchev–Trinajstić information content (AvgIpc) is 3.27. The Kier molecular flexibility index (Phi) is 2.62. The predicted octanol–water partition coefficient (Wildman–Crippen LogP) is 2.97. The molecule has 2 fully saturated rings. The van der Waals surface area contributed by atoms with E-state index in [0.717, 1.165) is 42.4 Å². The van der Waals surface area contributed by atoms with Crippen molar-refractivity contribution in [2.75, 3.05) is 0 Å². The molecule has 1 aromatic rings. The zero-order valence-electron chi connectivity index (χ0n) is 11.7. The van der Waals surface area contributed by atoms with Gasteiger partial charge in [-0.05, 0) is 48.8 Å². The van der Waals surface area contributed by atoms with E-state index in [-0.39, 0.29) is 15.9 Å². The summed E-state index contributed by atoms with van der Waals surface area (Å²) in [5.41, 5.74) is 3.12. The lowest BCUT2D eigenvalue weighted by molar-refractivity contribution is 0.585. The van der Waals surface area contributed by atoms with E-state index in [0.29, 0.717) is 6.42 Å². The third-order valence-corrected chi connectivity index (χ3v) is 7.81. The topological polar surface area (TPSA) is 57.9 Å². The standard InChI is InChI=1S/C17H17NO2S/c18-11-17(7-8-17)14-3-1-12(2-4-14)13-9-15-5-6-16(10-13)21(15,19)20/h1-4,9,15-16H,5-8,10H2. The Balaban J connectivity index is 1.65. The molecule has 108 valence electrons. The first kappa shape index (κ1) is 13.1. The van der Waals surface area contributed by atoms with Crippen LogP contribution in [0.2, 0.25) is 0 Å². The molecule has 1 saturated carbocycles. The molecule has 3 nitrogen and oxygen atoms in total. The molecule has 1 saturated heterocycles. The number of nitriles is 1. The van der Waals surface area contributed by atoms with Crippen LogP contribution in [-0.4, -0.2) is 18.9 Å². The highest BCUT2D eigenvalue weighted by Gasteiger charge is 2.45. The van der Waals surface area contributed by atoms with E-state index in [1.165, 1.54) is 0 Å². The van der Waals surface area contributed by atoms with Crippen LogP contribution in [0, 0.1) is 11.3 Å². The number of hydrogen-bond acceptors (Lipinski definition) is 3. The highest BCUT2D eigenvalue weighted by molar-refractivity contribution is 7.93. The molecule has 0 spiro atoms. The summed E-state index contributed by atoms with van der Waals surface area (Å²) in [7, 11) is -2.91. The van der Waals surface area contributed by atoms with E-state index in [1.807, 2.05) is 18.2 Å².